The van der Waals surface area contributed by atoms with Gasteiger partial charge in [-0.15, -0.1) is 0 Å². The summed E-state index contributed by atoms with van der Waals surface area (Å²) in [6.45, 7) is 4.62. The predicted octanol–water partition coefficient (Wildman–Crippen LogP) is 4.17. The van der Waals surface area contributed by atoms with Gasteiger partial charge >= 0.3 is 0 Å². The van der Waals surface area contributed by atoms with Crippen LogP contribution < -0.4 is 30.4 Å². The van der Waals surface area contributed by atoms with Crippen molar-refractivity contribution in [3.05, 3.63) is 59.9 Å². The second-order valence-corrected chi connectivity index (χ2v) is 9.65. The fourth-order valence-corrected chi connectivity index (χ4v) is 4.88. The first-order valence-corrected chi connectivity index (χ1v) is 13.5. The zero-order valence-corrected chi connectivity index (χ0v) is 23.7. The molecule has 4 N–H and O–H groups in total. The molecule has 43 heavy (non-hydrogen) atoms. The normalized spacial score (nSPS) is 13.6. The van der Waals surface area contributed by atoms with Crippen molar-refractivity contribution in [1.29, 1.82) is 0 Å². The van der Waals surface area contributed by atoms with Crippen LogP contribution in [0.15, 0.2) is 42.7 Å². The second-order valence-electron chi connectivity index (χ2n) is 9.65. The van der Waals surface area contributed by atoms with Crippen molar-refractivity contribution in [2.75, 3.05) is 59.4 Å². The Balaban J connectivity index is 1.42. The summed E-state index contributed by atoms with van der Waals surface area (Å²) in [7, 11) is 2.80. The summed E-state index contributed by atoms with van der Waals surface area (Å²) in [5.41, 5.74) is 10.4. The molecule has 1 saturated heterocycles. The van der Waals surface area contributed by atoms with Gasteiger partial charge in [-0.3, -0.25) is 19.7 Å². The Morgan fingerprint density at radius 1 is 0.977 bits per heavy atom. The van der Waals surface area contributed by atoms with E-state index in [2.05, 4.69) is 14.9 Å². The van der Waals surface area contributed by atoms with Gasteiger partial charge in [0.15, 0.2) is 23.1 Å². The van der Waals surface area contributed by atoms with Gasteiger partial charge in [-0.05, 0) is 24.6 Å². The Morgan fingerprint density at radius 2 is 1.70 bits per heavy atom. The molecule has 3 heterocycles. The topological polar surface area (TPSA) is 144 Å². The molecule has 0 radical (unpaired) electrons. The maximum Gasteiger partial charge on any atom is 0.254 e. The predicted molar refractivity (Wildman–Crippen MR) is 155 cm³/mol. The fourth-order valence-electron chi connectivity index (χ4n) is 4.88. The van der Waals surface area contributed by atoms with Gasteiger partial charge in [0.2, 0.25) is 0 Å². The number of carbonyl (C=O) groups excluding carboxylic acids is 1. The zero-order valence-electron chi connectivity index (χ0n) is 23.7. The highest BCUT2D eigenvalue weighted by molar-refractivity contribution is 6.03. The van der Waals surface area contributed by atoms with E-state index in [4.69, 9.17) is 35.2 Å². The van der Waals surface area contributed by atoms with Crippen LogP contribution >= 0.6 is 0 Å². The van der Waals surface area contributed by atoms with E-state index in [1.165, 1.54) is 38.7 Å². The molecule has 5 rings (SSSR count). The molecule has 0 saturated carbocycles. The molecule has 0 spiro atoms. The third kappa shape index (κ3) is 6.22. The van der Waals surface area contributed by atoms with E-state index in [-0.39, 0.29) is 22.8 Å². The van der Waals surface area contributed by atoms with Crippen molar-refractivity contribution in [3.63, 3.8) is 0 Å². The van der Waals surface area contributed by atoms with E-state index in [1.807, 2.05) is 0 Å². The lowest BCUT2D eigenvalue weighted by Gasteiger charge is -2.26. The van der Waals surface area contributed by atoms with Gasteiger partial charge in [-0.25, -0.2) is 8.78 Å². The molecule has 226 valence electrons. The number of nitrogens with zero attached hydrogens (tertiary/aromatic N) is 3. The molecule has 0 aliphatic carbocycles. The highest BCUT2D eigenvalue weighted by Crippen LogP contribution is 2.42. The first kappa shape index (κ1) is 29.7. The highest BCUT2D eigenvalue weighted by Gasteiger charge is 2.26. The minimum atomic E-state index is -1.06. The average Bonchev–Trinajstić information content (AvgIpc) is 3.01. The van der Waals surface area contributed by atoms with E-state index in [0.717, 1.165) is 45.3 Å². The van der Waals surface area contributed by atoms with Crippen LogP contribution in [0.5, 0.6) is 28.7 Å². The molecule has 1 aliphatic heterocycles. The molecular weight excluding hydrogens is 564 g/mol. The third-order valence-electron chi connectivity index (χ3n) is 7.02. The number of primary amides is 1. The summed E-state index contributed by atoms with van der Waals surface area (Å²) < 4.78 is 59.0. The van der Waals surface area contributed by atoms with Crippen LogP contribution in [0.3, 0.4) is 0 Å². The van der Waals surface area contributed by atoms with E-state index in [0.29, 0.717) is 29.0 Å². The van der Waals surface area contributed by atoms with Crippen LogP contribution in [-0.2, 0) is 4.74 Å². The summed E-state index contributed by atoms with van der Waals surface area (Å²) in [5.74, 6) is -2.37. The molecule has 1 fully saturated rings. The number of morpholine rings is 1. The van der Waals surface area contributed by atoms with Gasteiger partial charge < -0.3 is 35.2 Å². The van der Waals surface area contributed by atoms with Gasteiger partial charge in [0, 0.05) is 49.5 Å². The molecule has 11 nitrogen and oxygen atoms in total. The molecule has 2 aromatic carbocycles. The lowest BCUT2D eigenvalue weighted by Crippen LogP contribution is -2.37. The van der Waals surface area contributed by atoms with Crippen LogP contribution in [0.1, 0.15) is 16.8 Å². The highest BCUT2D eigenvalue weighted by atomic mass is 19.1. The summed E-state index contributed by atoms with van der Waals surface area (Å²) in [4.78, 5) is 22.8. The summed E-state index contributed by atoms with van der Waals surface area (Å²) >= 11 is 0. The molecule has 4 aromatic rings. The molecule has 2 aromatic heterocycles. The number of nitrogen functional groups attached to an aromatic ring is 1. The van der Waals surface area contributed by atoms with Gasteiger partial charge in [-0.1, -0.05) is 0 Å². The molecule has 0 unspecified atom stereocenters. The Hall–Kier alpha value is -4.75. The first-order valence-electron chi connectivity index (χ1n) is 13.5. The summed E-state index contributed by atoms with van der Waals surface area (Å²) in [6.07, 6.45) is 3.55. The zero-order chi connectivity index (χ0) is 30.5. The Bertz CT molecular complexity index is 1650. The number of benzene rings is 2. The second kappa shape index (κ2) is 13.0. The van der Waals surface area contributed by atoms with E-state index >= 15 is 8.78 Å². The number of hydrogen-bond donors (Lipinski definition) is 2. The number of aromatic nitrogens is 2. The van der Waals surface area contributed by atoms with Gasteiger partial charge in [0.1, 0.15) is 22.9 Å². The van der Waals surface area contributed by atoms with Crippen molar-refractivity contribution < 1.29 is 37.3 Å². The van der Waals surface area contributed by atoms with Crippen molar-refractivity contribution in [1.82, 2.24) is 14.9 Å². The van der Waals surface area contributed by atoms with E-state index in [1.54, 1.807) is 12.1 Å². The van der Waals surface area contributed by atoms with Crippen molar-refractivity contribution in [3.8, 4) is 40.0 Å². The minimum absolute atomic E-state index is 0.0367. The number of anilines is 1. The van der Waals surface area contributed by atoms with Crippen LogP contribution in [-0.4, -0.2) is 74.4 Å². The number of ether oxygens (including phenoxy) is 5. The monoisotopic (exact) mass is 595 g/mol. The fraction of sp³-hybridized carbons (Fsp3) is 0.300. The lowest BCUT2D eigenvalue weighted by atomic mass is 10.0. The Kier molecular flexibility index (Phi) is 9.02. The quantitative estimate of drug-likeness (QED) is 0.192. The summed E-state index contributed by atoms with van der Waals surface area (Å²) in [6, 6.07) is 7.05. The van der Waals surface area contributed by atoms with E-state index < -0.39 is 34.5 Å². The van der Waals surface area contributed by atoms with Crippen molar-refractivity contribution in [2.45, 2.75) is 6.42 Å². The van der Waals surface area contributed by atoms with Crippen LogP contribution in [0, 0.1) is 11.6 Å². The number of hydrogen-bond acceptors (Lipinski definition) is 10. The average molecular weight is 596 g/mol. The Morgan fingerprint density at radius 3 is 2.42 bits per heavy atom. The number of halogens is 2. The van der Waals surface area contributed by atoms with Gasteiger partial charge in [0.25, 0.3) is 5.91 Å². The van der Waals surface area contributed by atoms with Gasteiger partial charge in [-0.2, -0.15) is 0 Å². The van der Waals surface area contributed by atoms with Crippen molar-refractivity contribution >= 4 is 22.5 Å². The number of amides is 1. The van der Waals surface area contributed by atoms with Crippen LogP contribution in [0.25, 0.3) is 22.2 Å². The molecule has 0 bridgehead atoms. The van der Waals surface area contributed by atoms with Gasteiger partial charge in [0.05, 0.1) is 56.5 Å². The third-order valence-corrected chi connectivity index (χ3v) is 7.02. The SMILES string of the molecule is COc1cc2c(Oc3cc(F)c(-c4nccc(OC)c4C(N)=O)c(N)c3F)ccnc2cc1OCCCN1CCOCC1. The number of fused-ring (bicyclic) bond motifs is 1. The smallest absolute Gasteiger partial charge is 0.254 e. The number of nitrogens with two attached hydrogens (primary N) is 2. The van der Waals surface area contributed by atoms with E-state index in [9.17, 15) is 4.79 Å². The van der Waals surface area contributed by atoms with Crippen LogP contribution in [0.2, 0.25) is 0 Å². The molecular formula is C30H31F2N5O6. The number of carbonyl (C=O) groups is 1. The number of methoxy groups -OCH3 is 2. The Labute approximate surface area is 246 Å². The molecule has 1 aliphatic rings. The maximum atomic E-state index is 15.6. The summed E-state index contributed by atoms with van der Waals surface area (Å²) in [5, 5.41) is 0.466. The first-order chi connectivity index (χ1) is 20.8. The molecule has 0 atom stereocenters. The maximum absolute atomic E-state index is 15.6. The standard InChI is InChI=1S/C30H31F2N5O6/c1-39-21-5-7-36-29(26(21)30(34)38)25-18(31)15-24(27(32)28(25)33)43-20-4-6-35-19-16-23(22(40-2)14-17(19)20)42-11-3-8-37-9-12-41-13-10-37/h4-7,14-16H,3,8-13,33H2,1-2H3,(H2,34,38). The number of rotatable bonds is 11. The largest absolute Gasteiger partial charge is 0.496 e. The molecule has 1 amide bonds. The van der Waals surface area contributed by atoms with Crippen LogP contribution in [0.4, 0.5) is 14.5 Å². The minimum Gasteiger partial charge on any atom is -0.496 e. The molecule has 13 heteroatoms. The van der Waals surface area contributed by atoms with Crippen molar-refractivity contribution in [2.24, 2.45) is 5.73 Å². The number of pyridine rings is 2. The lowest BCUT2D eigenvalue weighted by molar-refractivity contribution is 0.0357.